The van der Waals surface area contributed by atoms with Gasteiger partial charge in [0.2, 0.25) is 11.8 Å². The van der Waals surface area contributed by atoms with Crippen molar-refractivity contribution in [2.45, 2.75) is 18.9 Å². The Balaban J connectivity index is 1.75. The lowest BCUT2D eigenvalue weighted by atomic mass is 10.5. The monoisotopic (exact) mass is 222 g/mol. The van der Waals surface area contributed by atoms with E-state index >= 15 is 0 Å². The van der Waals surface area contributed by atoms with Crippen molar-refractivity contribution in [3.8, 4) is 5.88 Å². The molecule has 0 radical (unpaired) electrons. The van der Waals surface area contributed by atoms with Gasteiger partial charge in [0, 0.05) is 31.4 Å². The second-order valence-electron chi connectivity index (χ2n) is 4.06. The number of nitrogens with zero attached hydrogens (tertiary/aromatic N) is 3. The Bertz CT molecular complexity index is 341. The molecule has 1 fully saturated rings. The normalized spacial score (nSPS) is 15.2. The van der Waals surface area contributed by atoms with Crippen LogP contribution in [-0.2, 0) is 0 Å². The first-order valence-corrected chi connectivity index (χ1v) is 5.61. The Labute approximate surface area is 95.8 Å². The molecule has 2 rings (SSSR count). The zero-order valence-corrected chi connectivity index (χ0v) is 9.81. The maximum absolute atomic E-state index is 5.03. The molecule has 0 saturated heterocycles. The van der Waals surface area contributed by atoms with Crippen molar-refractivity contribution in [3.05, 3.63) is 12.3 Å². The van der Waals surface area contributed by atoms with Crippen LogP contribution in [0.1, 0.15) is 12.8 Å². The topological polar surface area (TPSA) is 50.3 Å². The third-order valence-corrected chi connectivity index (χ3v) is 2.76. The zero-order chi connectivity index (χ0) is 11.4. The van der Waals surface area contributed by atoms with Gasteiger partial charge in [0.25, 0.3) is 0 Å². The maximum atomic E-state index is 5.03. The lowest BCUT2D eigenvalue weighted by Gasteiger charge is -2.15. The van der Waals surface area contributed by atoms with E-state index in [1.807, 2.05) is 0 Å². The molecule has 5 nitrogen and oxygen atoms in total. The van der Waals surface area contributed by atoms with Crippen LogP contribution >= 0.6 is 0 Å². The van der Waals surface area contributed by atoms with Gasteiger partial charge in [0.1, 0.15) is 0 Å². The van der Waals surface area contributed by atoms with E-state index in [-0.39, 0.29) is 0 Å². The van der Waals surface area contributed by atoms with Crippen molar-refractivity contribution in [2.24, 2.45) is 0 Å². The number of ether oxygens (including phenoxy) is 1. The number of likely N-dealkylation sites (N-methyl/N-ethyl adjacent to an activating group) is 1. The first-order valence-electron chi connectivity index (χ1n) is 5.61. The molecule has 0 atom stereocenters. The minimum Gasteiger partial charge on any atom is -0.481 e. The van der Waals surface area contributed by atoms with E-state index < -0.39 is 0 Å². The fourth-order valence-electron chi connectivity index (χ4n) is 1.58. The molecule has 0 amide bonds. The molecule has 1 aromatic rings. The highest BCUT2D eigenvalue weighted by atomic mass is 16.5. The fraction of sp³-hybridized carbons (Fsp3) is 0.636. The molecule has 0 aromatic carbocycles. The molecule has 5 heteroatoms. The van der Waals surface area contributed by atoms with Crippen LogP contribution in [0.2, 0.25) is 0 Å². The molecule has 0 aliphatic heterocycles. The summed E-state index contributed by atoms with van der Waals surface area (Å²) >= 11 is 0. The van der Waals surface area contributed by atoms with Gasteiger partial charge in [-0.2, -0.15) is 4.98 Å². The molecule has 1 heterocycles. The van der Waals surface area contributed by atoms with Gasteiger partial charge in [0.05, 0.1) is 7.11 Å². The van der Waals surface area contributed by atoms with E-state index in [1.54, 1.807) is 19.4 Å². The predicted molar refractivity (Wildman–Crippen MR) is 62.7 cm³/mol. The van der Waals surface area contributed by atoms with E-state index in [9.17, 15) is 0 Å². The largest absolute Gasteiger partial charge is 0.481 e. The van der Waals surface area contributed by atoms with Crippen LogP contribution in [0, 0.1) is 0 Å². The molecule has 1 N–H and O–H groups in total. The Morgan fingerprint density at radius 1 is 1.56 bits per heavy atom. The molecule has 88 valence electrons. The van der Waals surface area contributed by atoms with Crippen LogP contribution < -0.4 is 10.1 Å². The molecule has 1 aromatic heterocycles. The molecular weight excluding hydrogens is 204 g/mol. The first kappa shape index (κ1) is 11.1. The second kappa shape index (κ2) is 5.12. The summed E-state index contributed by atoms with van der Waals surface area (Å²) in [5.41, 5.74) is 0. The van der Waals surface area contributed by atoms with Gasteiger partial charge >= 0.3 is 0 Å². The van der Waals surface area contributed by atoms with Crippen molar-refractivity contribution in [2.75, 3.05) is 32.6 Å². The van der Waals surface area contributed by atoms with E-state index in [0.29, 0.717) is 11.8 Å². The van der Waals surface area contributed by atoms with Gasteiger partial charge in [-0.1, -0.05) is 0 Å². The van der Waals surface area contributed by atoms with Crippen LogP contribution in [-0.4, -0.2) is 48.2 Å². The van der Waals surface area contributed by atoms with Crippen molar-refractivity contribution < 1.29 is 4.74 Å². The van der Waals surface area contributed by atoms with E-state index in [4.69, 9.17) is 4.74 Å². The predicted octanol–water partition coefficient (Wildman–Crippen LogP) is 0.991. The highest BCUT2D eigenvalue weighted by molar-refractivity contribution is 5.27. The molecule has 0 unspecified atom stereocenters. The standard InChI is InChI=1S/C11H18N4O/c1-15(9-3-4-9)8-7-13-11-12-6-5-10(14-11)16-2/h5-6,9H,3-4,7-8H2,1-2H3,(H,12,13,14). The third kappa shape index (κ3) is 3.06. The van der Waals surface area contributed by atoms with Crippen molar-refractivity contribution >= 4 is 5.95 Å². The average molecular weight is 222 g/mol. The minimum absolute atomic E-state index is 0.591. The molecule has 16 heavy (non-hydrogen) atoms. The molecule has 0 bridgehead atoms. The minimum atomic E-state index is 0.591. The lowest BCUT2D eigenvalue weighted by Crippen LogP contribution is -2.27. The summed E-state index contributed by atoms with van der Waals surface area (Å²) < 4.78 is 5.03. The zero-order valence-electron chi connectivity index (χ0n) is 9.81. The molecule has 1 aliphatic carbocycles. The van der Waals surface area contributed by atoms with Crippen LogP contribution in [0.25, 0.3) is 0 Å². The van der Waals surface area contributed by atoms with E-state index in [0.717, 1.165) is 19.1 Å². The summed E-state index contributed by atoms with van der Waals surface area (Å²) in [5.74, 6) is 1.22. The number of hydrogen-bond acceptors (Lipinski definition) is 5. The Morgan fingerprint density at radius 2 is 2.38 bits per heavy atom. The number of rotatable bonds is 6. The number of anilines is 1. The number of aromatic nitrogens is 2. The van der Waals surface area contributed by atoms with Gasteiger partial charge in [-0.15, -0.1) is 0 Å². The summed E-state index contributed by atoms with van der Waals surface area (Å²) in [4.78, 5) is 10.7. The van der Waals surface area contributed by atoms with Crippen molar-refractivity contribution in [1.82, 2.24) is 14.9 Å². The van der Waals surface area contributed by atoms with Gasteiger partial charge in [0.15, 0.2) is 0 Å². The van der Waals surface area contributed by atoms with Crippen molar-refractivity contribution in [1.29, 1.82) is 0 Å². The second-order valence-corrected chi connectivity index (χ2v) is 4.06. The summed E-state index contributed by atoms with van der Waals surface area (Å²) in [6.07, 6.45) is 4.37. The van der Waals surface area contributed by atoms with Crippen LogP contribution in [0.15, 0.2) is 12.3 Å². The summed E-state index contributed by atoms with van der Waals surface area (Å²) in [6.45, 7) is 1.88. The Kier molecular flexibility index (Phi) is 3.56. The molecular formula is C11H18N4O. The van der Waals surface area contributed by atoms with Gasteiger partial charge in [-0.3, -0.25) is 0 Å². The lowest BCUT2D eigenvalue weighted by molar-refractivity contribution is 0.337. The third-order valence-electron chi connectivity index (χ3n) is 2.76. The van der Waals surface area contributed by atoms with Crippen molar-refractivity contribution in [3.63, 3.8) is 0 Å². The first-order chi connectivity index (χ1) is 7.79. The highest BCUT2D eigenvalue weighted by Crippen LogP contribution is 2.24. The van der Waals surface area contributed by atoms with E-state index in [1.165, 1.54) is 12.8 Å². The summed E-state index contributed by atoms with van der Waals surface area (Å²) in [7, 11) is 3.76. The Morgan fingerprint density at radius 3 is 3.06 bits per heavy atom. The molecule has 0 spiro atoms. The summed E-state index contributed by atoms with van der Waals surface area (Å²) in [5, 5.41) is 3.19. The molecule has 1 saturated carbocycles. The Hall–Kier alpha value is -1.36. The SMILES string of the molecule is COc1ccnc(NCCN(C)C2CC2)n1. The fourth-order valence-corrected chi connectivity index (χ4v) is 1.58. The van der Waals surface area contributed by atoms with Gasteiger partial charge in [-0.05, 0) is 19.9 Å². The van der Waals surface area contributed by atoms with Gasteiger partial charge in [-0.25, -0.2) is 4.98 Å². The average Bonchev–Trinajstić information content (AvgIpc) is 3.13. The van der Waals surface area contributed by atoms with Gasteiger partial charge < -0.3 is 15.0 Å². The van der Waals surface area contributed by atoms with Crippen LogP contribution in [0.5, 0.6) is 5.88 Å². The maximum Gasteiger partial charge on any atom is 0.225 e. The number of hydrogen-bond donors (Lipinski definition) is 1. The number of methoxy groups -OCH3 is 1. The van der Waals surface area contributed by atoms with E-state index in [2.05, 4.69) is 27.2 Å². The quantitative estimate of drug-likeness (QED) is 0.778. The molecule has 1 aliphatic rings. The van der Waals surface area contributed by atoms with Crippen LogP contribution in [0.3, 0.4) is 0 Å². The highest BCUT2D eigenvalue weighted by Gasteiger charge is 2.25. The van der Waals surface area contributed by atoms with Crippen LogP contribution in [0.4, 0.5) is 5.95 Å². The summed E-state index contributed by atoms with van der Waals surface area (Å²) in [6, 6.07) is 2.54. The number of nitrogens with one attached hydrogen (secondary N) is 1. The smallest absolute Gasteiger partial charge is 0.225 e.